The number of anilines is 1. The van der Waals surface area contributed by atoms with Crippen molar-refractivity contribution < 1.29 is 9.90 Å². The van der Waals surface area contributed by atoms with Crippen molar-refractivity contribution in [2.45, 2.75) is 18.9 Å². The Labute approximate surface area is 125 Å². The molecule has 1 aliphatic heterocycles. The normalized spacial score (nSPS) is 18.0. The minimum atomic E-state index is -0.724. The van der Waals surface area contributed by atoms with Crippen LogP contribution in [0.5, 0.6) is 0 Å². The third-order valence-corrected chi connectivity index (χ3v) is 4.09. The maximum Gasteiger partial charge on any atom is 0.306 e. The van der Waals surface area contributed by atoms with Crippen LogP contribution in [0.4, 0.5) is 5.69 Å². The van der Waals surface area contributed by atoms with E-state index in [1.165, 1.54) is 0 Å². The number of nitriles is 1. The van der Waals surface area contributed by atoms with Gasteiger partial charge in [-0.1, -0.05) is 12.1 Å². The number of carboxylic acid groups (broad SMARTS) is 1. The molecule has 0 saturated carbocycles. The number of aliphatic carboxylic acids is 1. The van der Waals surface area contributed by atoms with E-state index in [2.05, 4.69) is 11.0 Å². The van der Waals surface area contributed by atoms with Gasteiger partial charge in [-0.25, -0.2) is 0 Å². The summed E-state index contributed by atoms with van der Waals surface area (Å²) in [5, 5.41) is 18.5. The summed E-state index contributed by atoms with van der Waals surface area (Å²) in [6.45, 7) is 1.31. The summed E-state index contributed by atoms with van der Waals surface area (Å²) in [6, 6.07) is 10.0. The van der Waals surface area contributed by atoms with E-state index in [1.807, 2.05) is 43.3 Å². The van der Waals surface area contributed by atoms with Crippen LogP contribution in [0.15, 0.2) is 24.3 Å². The van der Waals surface area contributed by atoms with Gasteiger partial charge in [0.2, 0.25) is 0 Å². The maximum atomic E-state index is 11.0. The third kappa shape index (κ3) is 3.53. The second-order valence-corrected chi connectivity index (χ2v) is 5.67. The summed E-state index contributed by atoms with van der Waals surface area (Å²) in [4.78, 5) is 15.1. The lowest BCUT2D eigenvalue weighted by Crippen LogP contribution is -2.38. The Morgan fingerprint density at radius 1 is 1.33 bits per heavy atom. The van der Waals surface area contributed by atoms with Crippen LogP contribution in [0, 0.1) is 17.2 Å². The van der Waals surface area contributed by atoms with E-state index in [0.29, 0.717) is 25.9 Å². The number of rotatable bonds is 4. The van der Waals surface area contributed by atoms with E-state index in [-0.39, 0.29) is 12.0 Å². The molecule has 1 aliphatic rings. The molecule has 1 fully saturated rings. The van der Waals surface area contributed by atoms with Crippen LogP contribution < -0.4 is 4.90 Å². The van der Waals surface area contributed by atoms with Gasteiger partial charge in [0.1, 0.15) is 6.04 Å². The highest BCUT2D eigenvalue weighted by molar-refractivity contribution is 5.70. The second-order valence-electron chi connectivity index (χ2n) is 5.67. The number of piperidine rings is 1. The van der Waals surface area contributed by atoms with E-state index in [4.69, 9.17) is 5.11 Å². The monoisotopic (exact) mass is 287 g/mol. The summed E-state index contributed by atoms with van der Waals surface area (Å²) in [5.74, 6) is -0.991. The molecule has 1 N–H and O–H groups in total. The number of likely N-dealkylation sites (tertiary alicyclic amines) is 1. The van der Waals surface area contributed by atoms with Gasteiger partial charge in [-0.2, -0.15) is 5.26 Å². The Bertz CT molecular complexity index is 525. The molecule has 112 valence electrons. The first kappa shape index (κ1) is 15.3. The average Bonchev–Trinajstić information content (AvgIpc) is 2.49. The minimum Gasteiger partial charge on any atom is -0.481 e. The lowest BCUT2D eigenvalue weighted by Gasteiger charge is -2.33. The van der Waals surface area contributed by atoms with Gasteiger partial charge in [0.05, 0.1) is 12.0 Å². The molecule has 21 heavy (non-hydrogen) atoms. The Kier molecular flexibility index (Phi) is 4.81. The fourth-order valence-electron chi connectivity index (χ4n) is 2.73. The second kappa shape index (κ2) is 6.59. The molecule has 1 heterocycles. The van der Waals surface area contributed by atoms with E-state index in [0.717, 1.165) is 11.3 Å². The fourth-order valence-corrected chi connectivity index (χ4v) is 2.73. The van der Waals surface area contributed by atoms with Crippen molar-refractivity contribution in [3.8, 4) is 6.07 Å². The van der Waals surface area contributed by atoms with Crippen molar-refractivity contribution in [1.82, 2.24) is 4.90 Å². The first-order chi connectivity index (χ1) is 10.0. The van der Waals surface area contributed by atoms with Crippen LogP contribution in [0.1, 0.15) is 24.4 Å². The van der Waals surface area contributed by atoms with Gasteiger partial charge < -0.3 is 10.0 Å². The van der Waals surface area contributed by atoms with Crippen LogP contribution in [-0.4, -0.2) is 43.2 Å². The lowest BCUT2D eigenvalue weighted by molar-refractivity contribution is -0.143. The van der Waals surface area contributed by atoms with Crippen LogP contribution in [0.2, 0.25) is 0 Å². The maximum absolute atomic E-state index is 11.0. The van der Waals surface area contributed by atoms with Crippen molar-refractivity contribution in [2.75, 3.05) is 32.1 Å². The van der Waals surface area contributed by atoms with Crippen molar-refractivity contribution in [1.29, 1.82) is 5.26 Å². The summed E-state index contributed by atoms with van der Waals surface area (Å²) >= 11 is 0. The van der Waals surface area contributed by atoms with Crippen LogP contribution in [0.25, 0.3) is 0 Å². The zero-order chi connectivity index (χ0) is 15.4. The van der Waals surface area contributed by atoms with E-state index < -0.39 is 5.97 Å². The van der Waals surface area contributed by atoms with Crippen molar-refractivity contribution in [3.63, 3.8) is 0 Å². The molecule has 5 heteroatoms. The average molecular weight is 287 g/mol. The number of carbonyl (C=O) groups is 1. The molecule has 0 radical (unpaired) electrons. The molecule has 1 aromatic rings. The Morgan fingerprint density at radius 3 is 2.33 bits per heavy atom. The number of nitrogens with zero attached hydrogens (tertiary/aromatic N) is 3. The standard InChI is InChI=1S/C16H21N3O2/c1-18(2)14-5-3-12(4-6-14)15(11-17)19-9-7-13(8-10-19)16(20)21/h3-6,13,15H,7-10H2,1-2H3,(H,20,21). The first-order valence-corrected chi connectivity index (χ1v) is 7.16. The van der Waals surface area contributed by atoms with Crippen molar-refractivity contribution in [2.24, 2.45) is 5.92 Å². The molecule has 0 amide bonds. The molecule has 0 spiro atoms. The number of benzene rings is 1. The molecule has 1 saturated heterocycles. The highest BCUT2D eigenvalue weighted by Crippen LogP contribution is 2.27. The molecule has 0 aliphatic carbocycles. The van der Waals surface area contributed by atoms with Gasteiger partial charge in [-0.05, 0) is 30.5 Å². The SMILES string of the molecule is CN(C)c1ccc(C(C#N)N2CCC(C(=O)O)CC2)cc1. The lowest BCUT2D eigenvalue weighted by atomic mass is 9.94. The minimum absolute atomic E-state index is 0.267. The Morgan fingerprint density at radius 2 is 1.90 bits per heavy atom. The summed E-state index contributed by atoms with van der Waals surface area (Å²) < 4.78 is 0. The Hall–Kier alpha value is -2.06. The molecule has 1 atom stereocenters. The smallest absolute Gasteiger partial charge is 0.306 e. The molecular weight excluding hydrogens is 266 g/mol. The van der Waals surface area contributed by atoms with E-state index >= 15 is 0 Å². The predicted molar refractivity (Wildman–Crippen MR) is 81.1 cm³/mol. The highest BCUT2D eigenvalue weighted by atomic mass is 16.4. The van der Waals surface area contributed by atoms with Gasteiger partial charge in [-0.3, -0.25) is 9.69 Å². The molecule has 1 unspecified atom stereocenters. The topological polar surface area (TPSA) is 67.6 Å². The predicted octanol–water partition coefficient (Wildman–Crippen LogP) is 2.11. The van der Waals surface area contributed by atoms with Crippen LogP contribution in [-0.2, 0) is 4.79 Å². The van der Waals surface area contributed by atoms with Crippen LogP contribution in [0.3, 0.4) is 0 Å². The Balaban J connectivity index is 2.07. The zero-order valence-corrected chi connectivity index (χ0v) is 12.5. The molecule has 0 bridgehead atoms. The number of hydrogen-bond donors (Lipinski definition) is 1. The van der Waals surface area contributed by atoms with Gasteiger partial charge in [0.25, 0.3) is 0 Å². The summed E-state index contributed by atoms with van der Waals surface area (Å²) in [5.41, 5.74) is 2.07. The van der Waals surface area contributed by atoms with Gasteiger partial charge in [-0.15, -0.1) is 0 Å². The van der Waals surface area contributed by atoms with Gasteiger partial charge in [0.15, 0.2) is 0 Å². The molecule has 1 aromatic carbocycles. The fraction of sp³-hybridized carbons (Fsp3) is 0.500. The molecule has 0 aromatic heterocycles. The molecule has 2 rings (SSSR count). The van der Waals surface area contributed by atoms with Crippen molar-refractivity contribution >= 4 is 11.7 Å². The van der Waals surface area contributed by atoms with Gasteiger partial charge >= 0.3 is 5.97 Å². The van der Waals surface area contributed by atoms with E-state index in [1.54, 1.807) is 0 Å². The number of carboxylic acids is 1. The zero-order valence-electron chi connectivity index (χ0n) is 12.5. The summed E-state index contributed by atoms with van der Waals surface area (Å²) in [7, 11) is 3.96. The van der Waals surface area contributed by atoms with Crippen LogP contribution >= 0.6 is 0 Å². The largest absolute Gasteiger partial charge is 0.481 e. The van der Waals surface area contributed by atoms with E-state index in [9.17, 15) is 10.1 Å². The number of hydrogen-bond acceptors (Lipinski definition) is 4. The first-order valence-electron chi connectivity index (χ1n) is 7.16. The molecule has 5 nitrogen and oxygen atoms in total. The summed E-state index contributed by atoms with van der Waals surface area (Å²) in [6.07, 6.45) is 1.23. The third-order valence-electron chi connectivity index (χ3n) is 4.09. The van der Waals surface area contributed by atoms with Crippen molar-refractivity contribution in [3.05, 3.63) is 29.8 Å². The molecular formula is C16H21N3O2. The van der Waals surface area contributed by atoms with Gasteiger partial charge in [0, 0.05) is 32.9 Å². The quantitative estimate of drug-likeness (QED) is 0.918. The highest BCUT2D eigenvalue weighted by Gasteiger charge is 2.29.